The largest absolute Gasteiger partial charge is 0.491 e. The van der Waals surface area contributed by atoms with Crippen molar-refractivity contribution < 1.29 is 23.1 Å². The average molecular weight is 458 g/mol. The smallest absolute Gasteiger partial charge is 0.337 e. The van der Waals surface area contributed by atoms with Crippen LogP contribution >= 0.6 is 0 Å². The Morgan fingerprint density at radius 2 is 1.75 bits per heavy atom. The van der Waals surface area contributed by atoms with Gasteiger partial charge in [0.2, 0.25) is 0 Å². The fourth-order valence-corrected chi connectivity index (χ4v) is 5.38. The van der Waals surface area contributed by atoms with Crippen LogP contribution < -0.4 is 9.46 Å². The number of carboxylic acid groups (broad SMARTS) is 1. The van der Waals surface area contributed by atoms with Crippen molar-refractivity contribution in [3.05, 3.63) is 60.3 Å². The van der Waals surface area contributed by atoms with Crippen molar-refractivity contribution in [3.8, 4) is 5.75 Å². The summed E-state index contributed by atoms with van der Waals surface area (Å²) < 4.78 is 37.4. The van der Waals surface area contributed by atoms with Gasteiger partial charge in [-0.25, -0.2) is 4.79 Å². The van der Waals surface area contributed by atoms with Crippen LogP contribution in [0.2, 0.25) is 0 Å². The minimum atomic E-state index is -3.69. The minimum absolute atomic E-state index is 0.0342. The number of para-hydroxylation sites is 1. The highest BCUT2D eigenvalue weighted by Crippen LogP contribution is 2.31. The number of carboxylic acids is 1. The quantitative estimate of drug-likeness (QED) is 0.556. The summed E-state index contributed by atoms with van der Waals surface area (Å²) >= 11 is 0. The number of rotatable bonds is 7. The van der Waals surface area contributed by atoms with Gasteiger partial charge in [0.1, 0.15) is 5.75 Å². The van der Waals surface area contributed by atoms with E-state index in [1.54, 1.807) is 36.5 Å². The lowest BCUT2D eigenvalue weighted by Crippen LogP contribution is -2.41. The summed E-state index contributed by atoms with van der Waals surface area (Å²) in [4.78, 5) is 11.6. The summed E-state index contributed by atoms with van der Waals surface area (Å²) in [7, 11) is -3.69. The van der Waals surface area contributed by atoms with Crippen LogP contribution in [0.1, 0.15) is 43.1 Å². The second kappa shape index (κ2) is 8.84. The Bertz CT molecular complexity index is 1210. The first-order valence-corrected chi connectivity index (χ1v) is 12.1. The molecule has 8 nitrogen and oxygen atoms in total. The van der Waals surface area contributed by atoms with Gasteiger partial charge in [0.25, 0.3) is 0 Å². The fourth-order valence-electron chi connectivity index (χ4n) is 4.13. The molecule has 0 atom stereocenters. The number of hydrogen-bond acceptors (Lipinski definition) is 4. The number of nitrogens with one attached hydrogen (secondary N) is 1. The molecule has 0 amide bonds. The zero-order chi connectivity index (χ0) is 22.9. The molecular formula is C23H27N3O5S. The molecule has 2 heterocycles. The molecular weight excluding hydrogens is 430 g/mol. The summed E-state index contributed by atoms with van der Waals surface area (Å²) in [6.45, 7) is 4.56. The topological polar surface area (TPSA) is 101 Å². The minimum Gasteiger partial charge on any atom is -0.491 e. The van der Waals surface area contributed by atoms with Gasteiger partial charge in [-0.05, 0) is 57.0 Å². The Morgan fingerprint density at radius 1 is 1.09 bits per heavy atom. The molecule has 9 heteroatoms. The van der Waals surface area contributed by atoms with Crippen LogP contribution in [-0.4, -0.2) is 47.6 Å². The standard InChI is InChI=1S/C23H27N3O5S/c1-16(2)31-19-9-7-17(8-10-19)24-32(29,30)25-13-11-18(12-14-25)26-15-21(23(27)28)20-5-3-4-6-22(20)26/h3-10,15-16,18,24H,11-14H2,1-2H3,(H,27,28). The number of carbonyl (C=O) groups is 1. The first-order valence-electron chi connectivity index (χ1n) is 10.6. The molecule has 3 aromatic rings. The monoisotopic (exact) mass is 457 g/mol. The van der Waals surface area contributed by atoms with Crippen LogP contribution in [0.5, 0.6) is 5.75 Å². The first kappa shape index (κ1) is 22.2. The fraction of sp³-hybridized carbons (Fsp3) is 0.348. The third kappa shape index (κ3) is 4.58. The molecule has 32 heavy (non-hydrogen) atoms. The predicted molar refractivity (Wildman–Crippen MR) is 123 cm³/mol. The van der Waals surface area contributed by atoms with Gasteiger partial charge in [-0.2, -0.15) is 12.7 Å². The highest BCUT2D eigenvalue weighted by atomic mass is 32.2. The van der Waals surface area contributed by atoms with E-state index in [9.17, 15) is 18.3 Å². The lowest BCUT2D eigenvalue weighted by Gasteiger charge is -2.32. The molecule has 0 aliphatic carbocycles. The Kier molecular flexibility index (Phi) is 6.12. The van der Waals surface area contributed by atoms with E-state index in [1.165, 1.54) is 4.31 Å². The molecule has 1 fully saturated rings. The van der Waals surface area contributed by atoms with Crippen LogP contribution in [0.4, 0.5) is 5.69 Å². The molecule has 0 unspecified atom stereocenters. The van der Waals surface area contributed by atoms with Crippen molar-refractivity contribution in [2.45, 2.75) is 38.8 Å². The van der Waals surface area contributed by atoms with Gasteiger partial charge in [-0.1, -0.05) is 18.2 Å². The van der Waals surface area contributed by atoms with E-state index in [0.717, 1.165) is 5.52 Å². The molecule has 0 spiro atoms. The number of benzene rings is 2. The van der Waals surface area contributed by atoms with Gasteiger partial charge >= 0.3 is 16.2 Å². The molecule has 0 radical (unpaired) electrons. The maximum absolute atomic E-state index is 12.9. The second-order valence-corrected chi connectivity index (χ2v) is 9.87. The Morgan fingerprint density at radius 3 is 2.38 bits per heavy atom. The summed E-state index contributed by atoms with van der Waals surface area (Å²) in [6.07, 6.45) is 2.91. The van der Waals surface area contributed by atoms with E-state index in [1.807, 2.05) is 36.6 Å². The zero-order valence-corrected chi connectivity index (χ0v) is 18.9. The van der Waals surface area contributed by atoms with Crippen LogP contribution in [0, 0.1) is 0 Å². The summed E-state index contributed by atoms with van der Waals surface area (Å²) in [5.41, 5.74) is 1.60. The molecule has 1 aromatic heterocycles. The number of aromatic carboxylic acids is 1. The van der Waals surface area contributed by atoms with Crippen molar-refractivity contribution in [3.63, 3.8) is 0 Å². The van der Waals surface area contributed by atoms with E-state index < -0.39 is 16.2 Å². The van der Waals surface area contributed by atoms with Crippen LogP contribution in [0.15, 0.2) is 54.7 Å². The molecule has 0 saturated carbocycles. The second-order valence-electron chi connectivity index (χ2n) is 8.20. The average Bonchev–Trinajstić information content (AvgIpc) is 3.15. The Balaban J connectivity index is 1.44. The van der Waals surface area contributed by atoms with Gasteiger partial charge in [0.05, 0.1) is 17.4 Å². The van der Waals surface area contributed by atoms with Crippen LogP contribution in [-0.2, 0) is 10.2 Å². The highest BCUT2D eigenvalue weighted by Gasteiger charge is 2.30. The maximum atomic E-state index is 12.9. The first-order chi connectivity index (χ1) is 15.2. The van der Waals surface area contributed by atoms with Crippen molar-refractivity contribution >= 4 is 32.8 Å². The van der Waals surface area contributed by atoms with Crippen molar-refractivity contribution in [1.82, 2.24) is 8.87 Å². The third-order valence-corrected chi connectivity index (χ3v) is 7.14. The molecule has 0 bridgehead atoms. The van der Waals surface area contributed by atoms with E-state index in [4.69, 9.17) is 4.74 Å². The SMILES string of the molecule is CC(C)Oc1ccc(NS(=O)(=O)N2CCC(n3cc(C(=O)O)c4ccccc43)CC2)cc1. The molecule has 1 aliphatic rings. The van der Waals surface area contributed by atoms with Gasteiger partial charge in [0, 0.05) is 36.2 Å². The number of aromatic nitrogens is 1. The lowest BCUT2D eigenvalue weighted by molar-refractivity contribution is 0.0698. The summed E-state index contributed by atoms with van der Waals surface area (Å²) in [5.74, 6) is -0.280. The van der Waals surface area contributed by atoms with E-state index in [-0.39, 0.29) is 17.7 Å². The van der Waals surface area contributed by atoms with E-state index >= 15 is 0 Å². The van der Waals surface area contributed by atoms with Crippen molar-refractivity contribution in [1.29, 1.82) is 0 Å². The molecule has 2 aromatic carbocycles. The van der Waals surface area contributed by atoms with Gasteiger partial charge in [0.15, 0.2) is 0 Å². The predicted octanol–water partition coefficient (Wildman–Crippen LogP) is 4.12. The zero-order valence-electron chi connectivity index (χ0n) is 18.1. The molecule has 170 valence electrons. The Hall–Kier alpha value is -3.04. The number of piperidine rings is 1. The van der Waals surface area contributed by atoms with Gasteiger partial charge in [-0.3, -0.25) is 4.72 Å². The number of fused-ring (bicyclic) bond motifs is 1. The van der Waals surface area contributed by atoms with Crippen molar-refractivity contribution in [2.75, 3.05) is 17.8 Å². The molecule has 1 aliphatic heterocycles. The van der Waals surface area contributed by atoms with Gasteiger partial charge < -0.3 is 14.4 Å². The van der Waals surface area contributed by atoms with Crippen LogP contribution in [0.3, 0.4) is 0 Å². The maximum Gasteiger partial charge on any atom is 0.337 e. The molecule has 4 rings (SSSR count). The highest BCUT2D eigenvalue weighted by molar-refractivity contribution is 7.90. The van der Waals surface area contributed by atoms with E-state index in [0.29, 0.717) is 42.8 Å². The van der Waals surface area contributed by atoms with Crippen LogP contribution in [0.25, 0.3) is 10.9 Å². The lowest BCUT2D eigenvalue weighted by atomic mass is 10.1. The summed E-state index contributed by atoms with van der Waals surface area (Å²) in [6, 6.07) is 14.3. The summed E-state index contributed by atoms with van der Waals surface area (Å²) in [5, 5.41) is 10.2. The molecule has 1 saturated heterocycles. The molecule has 2 N–H and O–H groups in total. The Labute approximate surface area is 187 Å². The van der Waals surface area contributed by atoms with E-state index in [2.05, 4.69) is 4.72 Å². The number of hydrogen-bond donors (Lipinski definition) is 2. The van der Waals surface area contributed by atoms with Gasteiger partial charge in [-0.15, -0.1) is 0 Å². The number of ether oxygens (including phenoxy) is 1. The number of anilines is 1. The third-order valence-electron chi connectivity index (χ3n) is 5.60. The normalized spacial score (nSPS) is 15.8. The van der Waals surface area contributed by atoms with Crippen molar-refractivity contribution in [2.24, 2.45) is 0 Å². The number of nitrogens with zero attached hydrogens (tertiary/aromatic N) is 2.